The van der Waals surface area contributed by atoms with E-state index in [1.165, 1.54) is 6.08 Å². The van der Waals surface area contributed by atoms with E-state index < -0.39 is 33.3 Å². The van der Waals surface area contributed by atoms with Crippen molar-refractivity contribution in [3.63, 3.8) is 0 Å². The summed E-state index contributed by atoms with van der Waals surface area (Å²) in [7, 11) is -5.06. The second kappa shape index (κ2) is 8.75. The van der Waals surface area contributed by atoms with E-state index in [1.54, 1.807) is 0 Å². The molecule has 0 saturated carbocycles. The van der Waals surface area contributed by atoms with Crippen molar-refractivity contribution in [2.24, 2.45) is 5.73 Å². The van der Waals surface area contributed by atoms with Gasteiger partial charge < -0.3 is 15.2 Å². The third-order valence-electron chi connectivity index (χ3n) is 2.56. The summed E-state index contributed by atoms with van der Waals surface area (Å²) in [6, 6.07) is 0. The summed E-state index contributed by atoms with van der Waals surface area (Å²) in [6.45, 7) is 5.01. The minimum atomic E-state index is -5.06. The van der Waals surface area contributed by atoms with Crippen LogP contribution in [0.15, 0.2) is 12.7 Å². The van der Waals surface area contributed by atoms with Crippen LogP contribution in [0.4, 0.5) is 0 Å². The molecule has 8 nitrogen and oxygen atoms in total. The van der Waals surface area contributed by atoms with Crippen molar-refractivity contribution in [2.75, 3.05) is 13.2 Å². The van der Waals surface area contributed by atoms with Crippen LogP contribution in [0.2, 0.25) is 0 Å². The van der Waals surface area contributed by atoms with E-state index in [1.807, 2.05) is 6.92 Å². The molecular weight excluding hydrogens is 302 g/mol. The first-order valence-corrected chi connectivity index (χ1v) is 7.82. The quantitative estimate of drug-likeness (QED) is 0.255. The molecular formula is C12H21NO7S. The van der Waals surface area contributed by atoms with Gasteiger partial charge in [0.2, 0.25) is 0 Å². The Balaban J connectivity index is 4.82. The largest absolute Gasteiger partial charge is 0.466 e. The fraction of sp³-hybridized carbons (Fsp3) is 0.667. The van der Waals surface area contributed by atoms with Crippen LogP contribution in [0.25, 0.3) is 0 Å². The van der Waals surface area contributed by atoms with Crippen molar-refractivity contribution in [3.05, 3.63) is 12.7 Å². The topological polar surface area (TPSA) is 133 Å². The molecule has 0 aliphatic rings. The number of esters is 2. The molecule has 0 aromatic heterocycles. The molecule has 0 saturated heterocycles. The molecule has 0 rings (SSSR count). The van der Waals surface area contributed by atoms with E-state index in [0.29, 0.717) is 6.42 Å². The number of hydrogen-bond donors (Lipinski definition) is 2. The normalized spacial score (nSPS) is 14.0. The summed E-state index contributed by atoms with van der Waals surface area (Å²) in [5.41, 5.74) is 5.34. The Labute approximate surface area is 124 Å². The summed E-state index contributed by atoms with van der Waals surface area (Å²) < 4.78 is 40.9. The SMILES string of the molecule is C=CCOC(=O)C(N)(CC(=O)OCCCCC)S(=O)(=O)O. The van der Waals surface area contributed by atoms with Gasteiger partial charge >= 0.3 is 11.9 Å². The Hall–Kier alpha value is -1.45. The van der Waals surface area contributed by atoms with Crippen LogP contribution in [0.5, 0.6) is 0 Å². The van der Waals surface area contributed by atoms with Gasteiger partial charge in [-0.3, -0.25) is 9.35 Å². The molecule has 0 aromatic carbocycles. The summed E-state index contributed by atoms with van der Waals surface area (Å²) in [5, 5.41) is 0. The summed E-state index contributed by atoms with van der Waals surface area (Å²) >= 11 is 0. The zero-order valence-electron chi connectivity index (χ0n) is 11.9. The van der Waals surface area contributed by atoms with E-state index in [4.69, 9.17) is 15.0 Å². The van der Waals surface area contributed by atoms with Gasteiger partial charge in [0.1, 0.15) is 6.61 Å². The second-order valence-electron chi connectivity index (χ2n) is 4.36. The third-order valence-corrected chi connectivity index (χ3v) is 3.79. The van der Waals surface area contributed by atoms with Gasteiger partial charge in [0.15, 0.2) is 0 Å². The molecule has 9 heteroatoms. The average molecular weight is 323 g/mol. The van der Waals surface area contributed by atoms with Gasteiger partial charge in [-0.25, -0.2) is 4.79 Å². The highest BCUT2D eigenvalue weighted by atomic mass is 32.2. The van der Waals surface area contributed by atoms with Crippen LogP contribution in [-0.4, -0.2) is 43.0 Å². The van der Waals surface area contributed by atoms with Gasteiger partial charge in [-0.05, 0) is 6.42 Å². The highest BCUT2D eigenvalue weighted by molar-refractivity contribution is 7.88. The number of unbranched alkanes of at least 4 members (excludes halogenated alkanes) is 2. The Morgan fingerprint density at radius 3 is 2.43 bits per heavy atom. The van der Waals surface area contributed by atoms with Crippen LogP contribution in [0, 0.1) is 0 Å². The van der Waals surface area contributed by atoms with Gasteiger partial charge in [-0.15, -0.1) is 0 Å². The van der Waals surface area contributed by atoms with E-state index >= 15 is 0 Å². The van der Waals surface area contributed by atoms with Crippen LogP contribution in [-0.2, 0) is 29.2 Å². The second-order valence-corrected chi connectivity index (χ2v) is 6.03. The molecule has 1 atom stereocenters. The highest BCUT2D eigenvalue weighted by Crippen LogP contribution is 2.18. The lowest BCUT2D eigenvalue weighted by Crippen LogP contribution is -2.56. The standard InChI is InChI=1S/C12H21NO7S/c1-3-5-6-8-19-10(14)9-12(13,21(16,17)18)11(15)20-7-4-2/h4H,2-3,5-9,13H2,1H3,(H,16,17,18). The molecule has 0 heterocycles. The van der Waals surface area contributed by atoms with Gasteiger partial charge in [-0.2, -0.15) is 8.42 Å². The molecule has 1 unspecified atom stereocenters. The molecule has 0 aliphatic carbocycles. The molecule has 0 amide bonds. The number of hydrogen-bond acceptors (Lipinski definition) is 7. The minimum absolute atomic E-state index is 0.0793. The monoisotopic (exact) mass is 323 g/mol. The van der Waals surface area contributed by atoms with Crippen LogP contribution < -0.4 is 5.73 Å². The number of nitrogens with two attached hydrogens (primary N) is 1. The lowest BCUT2D eigenvalue weighted by molar-refractivity contribution is -0.153. The first kappa shape index (κ1) is 19.6. The highest BCUT2D eigenvalue weighted by Gasteiger charge is 2.50. The summed E-state index contributed by atoms with van der Waals surface area (Å²) in [6.07, 6.45) is 2.50. The van der Waals surface area contributed by atoms with E-state index in [0.717, 1.165) is 12.8 Å². The van der Waals surface area contributed by atoms with E-state index in [9.17, 15) is 18.0 Å². The van der Waals surface area contributed by atoms with Gasteiger partial charge in [0, 0.05) is 0 Å². The molecule has 122 valence electrons. The van der Waals surface area contributed by atoms with Gasteiger partial charge in [0.25, 0.3) is 15.0 Å². The lowest BCUT2D eigenvalue weighted by Gasteiger charge is -2.22. The van der Waals surface area contributed by atoms with Crippen LogP contribution in [0.1, 0.15) is 32.6 Å². The summed E-state index contributed by atoms with van der Waals surface area (Å²) in [4.78, 5) is 20.3. The maximum atomic E-state index is 11.6. The zero-order chi connectivity index (χ0) is 16.5. The number of carbonyl (C=O) groups is 2. The predicted molar refractivity (Wildman–Crippen MR) is 74.7 cm³/mol. The van der Waals surface area contributed by atoms with Crippen molar-refractivity contribution >= 4 is 22.1 Å². The maximum absolute atomic E-state index is 11.6. The molecule has 21 heavy (non-hydrogen) atoms. The lowest BCUT2D eigenvalue weighted by atomic mass is 10.2. The molecule has 0 aromatic rings. The first-order valence-electron chi connectivity index (χ1n) is 6.38. The maximum Gasteiger partial charge on any atom is 0.345 e. The fourth-order valence-corrected chi connectivity index (χ4v) is 1.90. The first-order chi connectivity index (χ1) is 9.69. The fourth-order valence-electron chi connectivity index (χ4n) is 1.33. The Morgan fingerprint density at radius 1 is 1.33 bits per heavy atom. The Bertz CT molecular complexity index is 474. The number of ether oxygens (including phenoxy) is 2. The van der Waals surface area contributed by atoms with Crippen LogP contribution in [0.3, 0.4) is 0 Å². The molecule has 0 spiro atoms. The molecule has 0 fully saturated rings. The molecule has 0 aliphatic heterocycles. The molecule has 0 bridgehead atoms. The summed E-state index contributed by atoms with van der Waals surface area (Å²) in [5.74, 6) is -2.46. The van der Waals surface area contributed by atoms with Crippen molar-refractivity contribution in [1.29, 1.82) is 0 Å². The third kappa shape index (κ3) is 6.23. The molecule has 0 radical (unpaired) electrons. The van der Waals surface area contributed by atoms with Crippen molar-refractivity contribution in [3.8, 4) is 0 Å². The van der Waals surface area contributed by atoms with Gasteiger partial charge in [0.05, 0.1) is 13.0 Å². The van der Waals surface area contributed by atoms with E-state index in [-0.39, 0.29) is 13.2 Å². The van der Waals surface area contributed by atoms with Crippen LogP contribution >= 0.6 is 0 Å². The van der Waals surface area contributed by atoms with Crippen molar-refractivity contribution < 1.29 is 32.0 Å². The number of carbonyl (C=O) groups excluding carboxylic acids is 2. The smallest absolute Gasteiger partial charge is 0.345 e. The van der Waals surface area contributed by atoms with Crippen molar-refractivity contribution in [2.45, 2.75) is 37.5 Å². The minimum Gasteiger partial charge on any atom is -0.466 e. The zero-order valence-corrected chi connectivity index (χ0v) is 12.7. The number of rotatable bonds is 10. The average Bonchev–Trinajstić information content (AvgIpc) is 2.39. The van der Waals surface area contributed by atoms with E-state index in [2.05, 4.69) is 11.3 Å². The van der Waals surface area contributed by atoms with Gasteiger partial charge in [-0.1, -0.05) is 32.4 Å². The molecule has 3 N–H and O–H groups in total. The predicted octanol–water partition coefficient (Wildman–Crippen LogP) is 0.382. The van der Waals surface area contributed by atoms with Crippen molar-refractivity contribution in [1.82, 2.24) is 0 Å². The Kier molecular flexibility index (Phi) is 8.15. The Morgan fingerprint density at radius 2 is 1.95 bits per heavy atom.